The van der Waals surface area contributed by atoms with Crippen molar-refractivity contribution in [1.29, 1.82) is 0 Å². The van der Waals surface area contributed by atoms with E-state index in [0.29, 0.717) is 25.5 Å². The highest BCUT2D eigenvalue weighted by molar-refractivity contribution is 5.76. The molecule has 112 valence electrons. The summed E-state index contributed by atoms with van der Waals surface area (Å²) < 4.78 is 10.9. The minimum Gasteiger partial charge on any atom is -0.381 e. The summed E-state index contributed by atoms with van der Waals surface area (Å²) in [5.74, 6) is 0.565. The van der Waals surface area contributed by atoms with Gasteiger partial charge in [-0.25, -0.2) is 0 Å². The maximum Gasteiger partial charge on any atom is 0.222 e. The van der Waals surface area contributed by atoms with E-state index in [1.165, 1.54) is 0 Å². The molecule has 1 aliphatic rings. The predicted octanol–water partition coefficient (Wildman–Crippen LogP) is 1.06. The molecule has 5 heteroatoms. The van der Waals surface area contributed by atoms with E-state index in [0.717, 1.165) is 32.5 Å². The molecule has 0 aromatic rings. The van der Waals surface area contributed by atoms with Gasteiger partial charge in [-0.3, -0.25) is 4.79 Å². The molecular weight excluding hydrogens is 244 g/mol. The molecule has 5 nitrogen and oxygen atoms in total. The summed E-state index contributed by atoms with van der Waals surface area (Å²) in [5.41, 5.74) is 5.66. The molecule has 1 fully saturated rings. The van der Waals surface area contributed by atoms with Crippen LogP contribution in [0.1, 0.15) is 39.5 Å². The van der Waals surface area contributed by atoms with Gasteiger partial charge >= 0.3 is 0 Å². The average molecular weight is 272 g/mol. The zero-order valence-electron chi connectivity index (χ0n) is 12.2. The van der Waals surface area contributed by atoms with Gasteiger partial charge in [0.15, 0.2) is 0 Å². The fraction of sp³-hybridized carbons (Fsp3) is 0.929. The lowest BCUT2D eigenvalue weighted by atomic mass is 10.0. The van der Waals surface area contributed by atoms with Gasteiger partial charge in [-0.15, -0.1) is 0 Å². The van der Waals surface area contributed by atoms with Crippen molar-refractivity contribution in [3.63, 3.8) is 0 Å². The second-order valence-electron chi connectivity index (χ2n) is 5.56. The minimum absolute atomic E-state index is 0.0307. The summed E-state index contributed by atoms with van der Waals surface area (Å²) in [6, 6.07) is 0.0792. The summed E-state index contributed by atoms with van der Waals surface area (Å²) in [4.78, 5) is 11.8. The number of hydrogen-bond donors (Lipinski definition) is 2. The van der Waals surface area contributed by atoms with Crippen LogP contribution in [-0.4, -0.2) is 44.4 Å². The summed E-state index contributed by atoms with van der Waals surface area (Å²) >= 11 is 0. The Balaban J connectivity index is 2.12. The molecule has 19 heavy (non-hydrogen) atoms. The zero-order valence-corrected chi connectivity index (χ0v) is 12.2. The van der Waals surface area contributed by atoms with Crippen molar-refractivity contribution in [3.05, 3.63) is 0 Å². The van der Waals surface area contributed by atoms with Crippen molar-refractivity contribution in [3.8, 4) is 0 Å². The topological polar surface area (TPSA) is 73.6 Å². The molecule has 0 radical (unpaired) electrons. The molecule has 1 atom stereocenters. The first-order chi connectivity index (χ1) is 9.11. The Labute approximate surface area is 116 Å². The Kier molecular flexibility index (Phi) is 8.02. The van der Waals surface area contributed by atoms with Crippen molar-refractivity contribution in [2.75, 3.05) is 26.4 Å². The van der Waals surface area contributed by atoms with Gasteiger partial charge in [0.1, 0.15) is 0 Å². The van der Waals surface area contributed by atoms with Gasteiger partial charge in [-0.05, 0) is 25.2 Å². The van der Waals surface area contributed by atoms with Crippen LogP contribution in [0.25, 0.3) is 0 Å². The van der Waals surface area contributed by atoms with Crippen LogP contribution in [0.2, 0.25) is 0 Å². The predicted molar refractivity (Wildman–Crippen MR) is 74.9 cm³/mol. The molecule has 1 saturated heterocycles. The normalized spacial score (nSPS) is 18.5. The summed E-state index contributed by atoms with van der Waals surface area (Å²) in [5, 5.41) is 2.97. The Hall–Kier alpha value is -0.650. The van der Waals surface area contributed by atoms with E-state index < -0.39 is 0 Å². The van der Waals surface area contributed by atoms with E-state index in [1.807, 2.05) is 0 Å². The van der Waals surface area contributed by atoms with E-state index in [-0.39, 0.29) is 18.1 Å². The molecule has 1 aliphatic heterocycles. The van der Waals surface area contributed by atoms with Crippen molar-refractivity contribution >= 4 is 5.91 Å². The first-order valence-corrected chi connectivity index (χ1v) is 7.30. The lowest BCUT2D eigenvalue weighted by molar-refractivity contribution is -0.123. The largest absolute Gasteiger partial charge is 0.381 e. The van der Waals surface area contributed by atoms with Crippen LogP contribution in [-0.2, 0) is 14.3 Å². The molecule has 0 bridgehead atoms. The van der Waals surface area contributed by atoms with E-state index in [9.17, 15) is 4.79 Å². The van der Waals surface area contributed by atoms with Gasteiger partial charge in [0, 0.05) is 32.2 Å². The van der Waals surface area contributed by atoms with Crippen LogP contribution >= 0.6 is 0 Å². The maximum absolute atomic E-state index is 11.8. The summed E-state index contributed by atoms with van der Waals surface area (Å²) in [6.07, 6.45) is 3.44. The highest BCUT2D eigenvalue weighted by Crippen LogP contribution is 2.10. The fourth-order valence-electron chi connectivity index (χ4n) is 2.24. The Bertz CT molecular complexity index is 253. The molecule has 1 unspecified atom stereocenters. The van der Waals surface area contributed by atoms with Crippen molar-refractivity contribution in [2.45, 2.75) is 51.7 Å². The number of rotatable bonds is 8. The number of amides is 1. The van der Waals surface area contributed by atoms with Gasteiger partial charge in [0.25, 0.3) is 0 Å². The van der Waals surface area contributed by atoms with Crippen molar-refractivity contribution in [1.82, 2.24) is 5.32 Å². The first kappa shape index (κ1) is 16.4. The molecule has 3 N–H and O–H groups in total. The van der Waals surface area contributed by atoms with Gasteiger partial charge in [0.2, 0.25) is 5.91 Å². The molecule has 1 heterocycles. The molecule has 1 amide bonds. The van der Waals surface area contributed by atoms with E-state index in [2.05, 4.69) is 19.2 Å². The number of carbonyl (C=O) groups excluding carboxylic acids is 1. The van der Waals surface area contributed by atoms with Crippen LogP contribution in [0.4, 0.5) is 0 Å². The third kappa shape index (κ3) is 7.50. The Morgan fingerprint density at radius 2 is 2.11 bits per heavy atom. The van der Waals surface area contributed by atoms with E-state index in [1.54, 1.807) is 0 Å². The number of carbonyl (C=O) groups is 1. The van der Waals surface area contributed by atoms with Crippen LogP contribution in [0, 0.1) is 5.92 Å². The van der Waals surface area contributed by atoms with Gasteiger partial charge in [0.05, 0.1) is 12.7 Å². The van der Waals surface area contributed by atoms with Gasteiger partial charge in [-0.2, -0.15) is 0 Å². The molecular formula is C14H28N2O3. The number of nitrogens with one attached hydrogen (secondary N) is 1. The number of hydrogen-bond acceptors (Lipinski definition) is 4. The SMILES string of the molecule is CC(C)CC(CN)NC(=O)CCOC1CCOCC1. The smallest absolute Gasteiger partial charge is 0.222 e. The molecule has 0 aliphatic carbocycles. The number of nitrogens with two attached hydrogens (primary N) is 1. The Morgan fingerprint density at radius 3 is 2.68 bits per heavy atom. The van der Waals surface area contributed by atoms with E-state index >= 15 is 0 Å². The van der Waals surface area contributed by atoms with Crippen LogP contribution in [0.3, 0.4) is 0 Å². The van der Waals surface area contributed by atoms with Crippen LogP contribution in [0.5, 0.6) is 0 Å². The second kappa shape index (κ2) is 9.28. The summed E-state index contributed by atoms with van der Waals surface area (Å²) in [6.45, 7) is 6.76. The van der Waals surface area contributed by atoms with Gasteiger partial charge in [-0.1, -0.05) is 13.8 Å². The minimum atomic E-state index is 0.0307. The molecule has 0 aromatic carbocycles. The van der Waals surface area contributed by atoms with Crippen molar-refractivity contribution in [2.24, 2.45) is 11.7 Å². The Morgan fingerprint density at radius 1 is 1.42 bits per heavy atom. The maximum atomic E-state index is 11.8. The third-order valence-electron chi connectivity index (χ3n) is 3.26. The number of ether oxygens (including phenoxy) is 2. The highest BCUT2D eigenvalue weighted by atomic mass is 16.5. The second-order valence-corrected chi connectivity index (χ2v) is 5.56. The molecule has 1 rings (SSSR count). The van der Waals surface area contributed by atoms with Crippen molar-refractivity contribution < 1.29 is 14.3 Å². The lowest BCUT2D eigenvalue weighted by Gasteiger charge is -2.23. The zero-order chi connectivity index (χ0) is 14.1. The quantitative estimate of drug-likeness (QED) is 0.693. The van der Waals surface area contributed by atoms with Gasteiger partial charge < -0.3 is 20.5 Å². The molecule has 0 spiro atoms. The standard InChI is InChI=1S/C14H28N2O3/c1-11(2)9-12(10-15)16-14(17)5-8-19-13-3-6-18-7-4-13/h11-13H,3-10,15H2,1-2H3,(H,16,17). The van der Waals surface area contributed by atoms with Crippen LogP contribution < -0.4 is 11.1 Å². The third-order valence-corrected chi connectivity index (χ3v) is 3.26. The van der Waals surface area contributed by atoms with E-state index in [4.69, 9.17) is 15.2 Å². The molecule has 0 saturated carbocycles. The highest BCUT2D eigenvalue weighted by Gasteiger charge is 2.16. The molecule has 0 aromatic heterocycles. The monoisotopic (exact) mass is 272 g/mol. The average Bonchev–Trinajstić information content (AvgIpc) is 2.38. The summed E-state index contributed by atoms with van der Waals surface area (Å²) in [7, 11) is 0. The van der Waals surface area contributed by atoms with Crippen LogP contribution in [0.15, 0.2) is 0 Å². The lowest BCUT2D eigenvalue weighted by Crippen LogP contribution is -2.41. The first-order valence-electron chi connectivity index (χ1n) is 7.30. The fourth-order valence-corrected chi connectivity index (χ4v) is 2.24.